The predicted octanol–water partition coefficient (Wildman–Crippen LogP) is 8.08. The van der Waals surface area contributed by atoms with Crippen LogP contribution in [0.3, 0.4) is 0 Å². The number of hydrogen-bond acceptors (Lipinski definition) is 10. The molecule has 0 radical (unpaired) electrons. The first kappa shape index (κ1) is 41.3. The molecule has 6 heterocycles. The highest BCUT2D eigenvalue weighted by atomic mass is 19.1. The van der Waals surface area contributed by atoms with E-state index in [4.69, 9.17) is 23.9 Å². The summed E-state index contributed by atoms with van der Waals surface area (Å²) < 4.78 is 45.4. The molecular formula is C46H49FN8O8. The third-order valence-corrected chi connectivity index (χ3v) is 11.7. The minimum Gasteiger partial charge on any atom is -0.497 e. The number of aromatic nitrogens is 5. The number of imidazole rings is 2. The number of alkyl carbamates (subject to hydrolysis) is 1. The van der Waals surface area contributed by atoms with Gasteiger partial charge in [0.1, 0.15) is 47.2 Å². The van der Waals surface area contributed by atoms with Crippen LogP contribution in [-0.2, 0) is 14.3 Å². The zero-order valence-electron chi connectivity index (χ0n) is 35.9. The Morgan fingerprint density at radius 1 is 0.873 bits per heavy atom. The Hall–Kier alpha value is -7.04. The summed E-state index contributed by atoms with van der Waals surface area (Å²) in [5.41, 5.74) is 5.97. The van der Waals surface area contributed by atoms with Crippen molar-refractivity contribution >= 4 is 29.0 Å². The monoisotopic (exact) mass is 860 g/mol. The van der Waals surface area contributed by atoms with Crippen LogP contribution >= 0.6 is 0 Å². The summed E-state index contributed by atoms with van der Waals surface area (Å²) in [4.78, 5) is 57.0. The highest BCUT2D eigenvalue weighted by molar-refractivity contribution is 5.92. The largest absolute Gasteiger partial charge is 0.497 e. The number of rotatable bonds is 9. The van der Waals surface area contributed by atoms with E-state index in [0.717, 1.165) is 63.1 Å². The number of amides is 3. The molecule has 2 fully saturated rings. The van der Waals surface area contributed by atoms with Crippen molar-refractivity contribution in [3.05, 3.63) is 90.3 Å². The molecular weight excluding hydrogens is 812 g/mol. The molecule has 3 aliphatic heterocycles. The van der Waals surface area contributed by atoms with E-state index in [0.29, 0.717) is 35.4 Å². The Balaban J connectivity index is 1.05. The smallest absolute Gasteiger partial charge is 0.411 e. The van der Waals surface area contributed by atoms with Crippen LogP contribution in [-0.4, -0.2) is 105 Å². The third kappa shape index (κ3) is 7.98. The number of H-pyrrole nitrogens is 2. The minimum atomic E-state index is -1.19. The Bertz CT molecular complexity index is 2700. The van der Waals surface area contributed by atoms with Crippen LogP contribution < -0.4 is 19.5 Å². The molecule has 3 unspecified atom stereocenters. The molecule has 2 saturated heterocycles. The zero-order valence-corrected chi connectivity index (χ0v) is 35.9. The van der Waals surface area contributed by atoms with Crippen molar-refractivity contribution in [3.63, 3.8) is 0 Å². The second-order valence-electron chi connectivity index (χ2n) is 16.9. The van der Waals surface area contributed by atoms with Gasteiger partial charge < -0.3 is 48.4 Å². The lowest BCUT2D eigenvalue weighted by molar-refractivity contribution is -0.131. The van der Waals surface area contributed by atoms with Gasteiger partial charge in [0.15, 0.2) is 0 Å². The van der Waals surface area contributed by atoms with Gasteiger partial charge in [0.25, 0.3) is 0 Å². The number of likely N-dealkylation sites (tertiary alicyclic amines) is 2. The first-order valence-corrected chi connectivity index (χ1v) is 20.8. The van der Waals surface area contributed by atoms with E-state index in [-0.39, 0.29) is 31.5 Å². The van der Waals surface area contributed by atoms with Gasteiger partial charge in [-0.05, 0) is 76.1 Å². The maximum absolute atomic E-state index is 14.8. The first-order chi connectivity index (χ1) is 30.3. The van der Waals surface area contributed by atoms with Crippen molar-refractivity contribution in [2.45, 2.75) is 70.1 Å². The summed E-state index contributed by atoms with van der Waals surface area (Å²) in [6.07, 6.45) is 2.07. The highest BCUT2D eigenvalue weighted by Gasteiger charge is 2.40. The fourth-order valence-electron chi connectivity index (χ4n) is 8.77. The van der Waals surface area contributed by atoms with Crippen LogP contribution in [0.5, 0.6) is 17.2 Å². The number of ether oxygens (including phenoxy) is 5. The molecule has 9 rings (SSSR count). The zero-order chi connectivity index (χ0) is 44.2. The van der Waals surface area contributed by atoms with Crippen LogP contribution in [0.15, 0.2) is 73.1 Å². The van der Waals surface area contributed by atoms with Crippen LogP contribution in [0, 0.1) is 0 Å². The number of hydrogen-bond donors (Lipinski definition) is 3. The van der Waals surface area contributed by atoms with Gasteiger partial charge in [-0.25, -0.2) is 23.9 Å². The van der Waals surface area contributed by atoms with Crippen LogP contribution in [0.25, 0.3) is 44.7 Å². The molecule has 0 saturated carbocycles. The quantitative estimate of drug-likeness (QED) is 0.129. The normalized spacial score (nSPS) is 19.3. The lowest BCUT2D eigenvalue weighted by atomic mass is 10.0. The molecule has 0 bridgehead atoms. The fraction of sp³-hybridized carbons (Fsp3) is 0.370. The van der Waals surface area contributed by atoms with E-state index in [2.05, 4.69) is 41.7 Å². The Labute approximate surface area is 362 Å². The lowest BCUT2D eigenvalue weighted by Crippen LogP contribution is -2.40. The van der Waals surface area contributed by atoms with Gasteiger partial charge in [-0.2, -0.15) is 0 Å². The Morgan fingerprint density at radius 3 is 2.24 bits per heavy atom. The third-order valence-electron chi connectivity index (χ3n) is 11.7. The first-order valence-electron chi connectivity index (χ1n) is 20.8. The van der Waals surface area contributed by atoms with E-state index in [1.54, 1.807) is 52.3 Å². The lowest BCUT2D eigenvalue weighted by Gasteiger charge is -2.31. The van der Waals surface area contributed by atoms with Gasteiger partial charge >= 0.3 is 12.2 Å². The molecule has 3 aromatic heterocycles. The minimum absolute atomic E-state index is 0.0630. The Morgan fingerprint density at radius 2 is 1.56 bits per heavy atom. The highest BCUT2D eigenvalue weighted by Crippen LogP contribution is 2.47. The molecule has 3 N–H and O–H groups in total. The van der Waals surface area contributed by atoms with Gasteiger partial charge in [-0.3, -0.25) is 9.69 Å². The molecule has 6 aromatic rings. The molecule has 16 nitrogen and oxygen atoms in total. The van der Waals surface area contributed by atoms with E-state index in [1.807, 2.05) is 48.5 Å². The second-order valence-corrected chi connectivity index (χ2v) is 16.9. The standard InChI is InChI=1S/C46H49FN8O8/c1-46(2,3)63-45(58)54-24-29(47)19-38(54)42-49-21-33(52-42)25-10-12-35-27(14-25)17-37-32-11-9-26(18-39(32)62-43(55(35)37)28-15-30(59-4)20-31(16-28)60-5)34-22-48-41(51-34)36-8-7-13-53(36)40(56)23-50-44(57)61-6/h9-12,14-18,20-22,29,36,38,43H,7-8,13,19,23-24H2,1-6H3,(H,48,51)(H,49,52)(H,50,57)/t29?,36?,38-,43?/m0/s1. The average molecular weight is 861 g/mol. The summed E-state index contributed by atoms with van der Waals surface area (Å²) in [5, 5.41) is 3.41. The molecule has 4 atom stereocenters. The topological polar surface area (TPSA) is 178 Å². The average Bonchev–Trinajstić information content (AvgIpc) is 4.13. The summed E-state index contributed by atoms with van der Waals surface area (Å²) >= 11 is 0. The van der Waals surface area contributed by atoms with Crippen LogP contribution in [0.1, 0.15) is 75.6 Å². The second kappa shape index (κ2) is 16.3. The molecule has 3 amide bonds. The number of fused-ring (bicyclic) bond motifs is 5. The molecule has 3 aliphatic rings. The van der Waals surface area contributed by atoms with E-state index in [9.17, 15) is 18.8 Å². The molecule has 3 aromatic carbocycles. The predicted molar refractivity (Wildman–Crippen MR) is 230 cm³/mol. The van der Waals surface area contributed by atoms with Gasteiger partial charge in [0.2, 0.25) is 12.1 Å². The molecule has 0 spiro atoms. The summed E-state index contributed by atoms with van der Waals surface area (Å²) in [7, 11) is 4.47. The number of carbonyl (C=O) groups excluding carboxylic acids is 3. The summed E-state index contributed by atoms with van der Waals surface area (Å²) in [6.45, 7) is 5.68. The van der Waals surface area contributed by atoms with Crippen LogP contribution in [0.2, 0.25) is 0 Å². The number of benzene rings is 3. The van der Waals surface area contributed by atoms with Gasteiger partial charge in [0.05, 0.1) is 75.0 Å². The van der Waals surface area contributed by atoms with E-state index in [1.165, 1.54) is 12.0 Å². The maximum Gasteiger partial charge on any atom is 0.411 e. The van der Waals surface area contributed by atoms with Gasteiger partial charge in [-0.1, -0.05) is 12.1 Å². The van der Waals surface area contributed by atoms with Crippen molar-refractivity contribution in [1.82, 2.24) is 39.6 Å². The van der Waals surface area contributed by atoms with Crippen molar-refractivity contribution in [2.24, 2.45) is 0 Å². The van der Waals surface area contributed by atoms with Crippen LogP contribution in [0.4, 0.5) is 14.0 Å². The van der Waals surface area contributed by atoms with Crippen molar-refractivity contribution in [3.8, 4) is 51.0 Å². The number of carbonyl (C=O) groups is 3. The summed E-state index contributed by atoms with van der Waals surface area (Å²) in [5.74, 6) is 2.80. The van der Waals surface area contributed by atoms with Crippen molar-refractivity contribution in [2.75, 3.05) is 41.0 Å². The number of halogens is 1. The molecule has 328 valence electrons. The summed E-state index contributed by atoms with van der Waals surface area (Å²) in [6, 6.07) is 19.1. The van der Waals surface area contributed by atoms with E-state index < -0.39 is 36.2 Å². The molecule has 17 heteroatoms. The number of nitrogens with one attached hydrogen (secondary N) is 3. The maximum atomic E-state index is 14.8. The van der Waals surface area contributed by atoms with Crippen molar-refractivity contribution < 1.29 is 42.5 Å². The van der Waals surface area contributed by atoms with Gasteiger partial charge in [-0.15, -0.1) is 0 Å². The molecule has 63 heavy (non-hydrogen) atoms. The number of alkyl halides is 1. The SMILES string of the molecule is COC(=O)NCC(=O)N1CCCC1c1ncc(-c2ccc3c(c2)OC(c2cc(OC)cc(OC)c2)n2c-3cc3cc(-c4cnc([C@@H]5CC(F)CN5C(=O)OC(C)(C)C)[nH]4)ccc32)[nH]1. The number of nitrogens with zero attached hydrogens (tertiary/aromatic N) is 5. The fourth-order valence-corrected chi connectivity index (χ4v) is 8.77. The van der Waals surface area contributed by atoms with Gasteiger partial charge in [0, 0.05) is 46.7 Å². The Kier molecular flexibility index (Phi) is 10.7. The number of methoxy groups -OCH3 is 3. The number of aromatic amines is 2. The van der Waals surface area contributed by atoms with E-state index >= 15 is 0 Å². The molecule has 0 aliphatic carbocycles. The van der Waals surface area contributed by atoms with Crippen molar-refractivity contribution in [1.29, 1.82) is 0 Å².